The third-order valence-corrected chi connectivity index (χ3v) is 4.70. The molecule has 6 nitrogen and oxygen atoms in total. The molecule has 1 saturated heterocycles. The van der Waals surface area contributed by atoms with E-state index in [1.807, 2.05) is 0 Å². The number of halogens is 2. The van der Waals surface area contributed by atoms with E-state index in [2.05, 4.69) is 0 Å². The van der Waals surface area contributed by atoms with Gasteiger partial charge in [0, 0.05) is 26.3 Å². The molecule has 1 heterocycles. The van der Waals surface area contributed by atoms with Gasteiger partial charge in [-0.25, -0.2) is 8.78 Å². The van der Waals surface area contributed by atoms with Crippen molar-refractivity contribution in [1.29, 1.82) is 0 Å². The van der Waals surface area contributed by atoms with Crippen LogP contribution in [-0.4, -0.2) is 67.2 Å². The zero-order valence-electron chi connectivity index (χ0n) is 14.4. The van der Waals surface area contributed by atoms with Crippen LogP contribution in [0.3, 0.4) is 0 Å². The lowest BCUT2D eigenvalue weighted by Crippen LogP contribution is -2.38. The van der Waals surface area contributed by atoms with Gasteiger partial charge < -0.3 is 14.7 Å². The first-order valence-corrected chi connectivity index (χ1v) is 7.92. The molecule has 2 rings (SSSR count). The maximum atomic E-state index is 14.3. The molecule has 1 aliphatic rings. The fourth-order valence-electron chi connectivity index (χ4n) is 3.33. The largest absolute Gasteiger partial charge is 0.480 e. The van der Waals surface area contributed by atoms with Crippen molar-refractivity contribution in [3.05, 3.63) is 35.4 Å². The van der Waals surface area contributed by atoms with Gasteiger partial charge in [-0.2, -0.15) is 0 Å². The van der Waals surface area contributed by atoms with E-state index in [0.717, 1.165) is 6.07 Å². The van der Waals surface area contributed by atoms with E-state index in [4.69, 9.17) is 4.74 Å². The predicted octanol–water partition coefficient (Wildman–Crippen LogP) is 1.52. The maximum absolute atomic E-state index is 14.3. The van der Waals surface area contributed by atoms with Crippen LogP contribution in [0.5, 0.6) is 0 Å². The number of hydrogen-bond donors (Lipinski definition) is 1. The van der Waals surface area contributed by atoms with Gasteiger partial charge in [0.05, 0.1) is 18.6 Å². The molecule has 1 fully saturated rings. The van der Waals surface area contributed by atoms with Crippen molar-refractivity contribution in [1.82, 2.24) is 9.80 Å². The monoisotopic (exact) mass is 356 g/mol. The number of carboxylic acids is 1. The second-order valence-electron chi connectivity index (χ2n) is 6.20. The van der Waals surface area contributed by atoms with Gasteiger partial charge >= 0.3 is 5.97 Å². The van der Waals surface area contributed by atoms with E-state index < -0.39 is 35.6 Å². The smallest absolute Gasteiger partial charge is 0.320 e. The Balaban J connectivity index is 2.39. The number of benzene rings is 1. The summed E-state index contributed by atoms with van der Waals surface area (Å²) in [6.45, 7) is 0.651. The van der Waals surface area contributed by atoms with E-state index >= 15 is 0 Å². The maximum Gasteiger partial charge on any atom is 0.320 e. The van der Waals surface area contributed by atoms with Gasteiger partial charge in [0.25, 0.3) is 0 Å². The summed E-state index contributed by atoms with van der Waals surface area (Å²) < 4.78 is 32.9. The average Bonchev–Trinajstić information content (AvgIpc) is 2.92. The second-order valence-corrected chi connectivity index (χ2v) is 6.20. The first kappa shape index (κ1) is 19.3. The summed E-state index contributed by atoms with van der Waals surface area (Å²) in [5.74, 6) is -4.28. The molecule has 1 N–H and O–H groups in total. The van der Waals surface area contributed by atoms with E-state index in [-0.39, 0.29) is 17.9 Å². The molecule has 1 aliphatic heterocycles. The highest BCUT2D eigenvalue weighted by molar-refractivity contribution is 5.83. The summed E-state index contributed by atoms with van der Waals surface area (Å²) in [7, 11) is 4.59. The quantitative estimate of drug-likeness (QED) is 0.837. The van der Waals surface area contributed by atoms with Gasteiger partial charge in [0.2, 0.25) is 5.91 Å². The molecule has 25 heavy (non-hydrogen) atoms. The second kappa shape index (κ2) is 7.88. The SMILES string of the molecule is COCCN(C)C(=O)[C@@H]1C[C@H](C(=O)O)N(C)[C@@H]1c1cccc(F)c1F. The normalized spacial score (nSPS) is 23.6. The van der Waals surface area contributed by atoms with Crippen LogP contribution in [-0.2, 0) is 14.3 Å². The predicted molar refractivity (Wildman–Crippen MR) is 85.9 cm³/mol. The summed E-state index contributed by atoms with van der Waals surface area (Å²) in [6.07, 6.45) is 0.0304. The number of ether oxygens (including phenoxy) is 1. The van der Waals surface area contributed by atoms with Crippen molar-refractivity contribution in [2.75, 3.05) is 34.4 Å². The Morgan fingerprint density at radius 2 is 2.08 bits per heavy atom. The minimum Gasteiger partial charge on any atom is -0.480 e. The zero-order valence-corrected chi connectivity index (χ0v) is 14.4. The lowest BCUT2D eigenvalue weighted by Gasteiger charge is -2.29. The number of likely N-dealkylation sites (N-methyl/N-ethyl adjacent to an activating group) is 2. The molecule has 1 aromatic carbocycles. The van der Waals surface area contributed by atoms with Gasteiger partial charge in [-0.15, -0.1) is 0 Å². The Hall–Kier alpha value is -2.06. The summed E-state index contributed by atoms with van der Waals surface area (Å²) in [5.41, 5.74) is -0.00950. The third-order valence-electron chi connectivity index (χ3n) is 4.70. The Morgan fingerprint density at radius 3 is 2.68 bits per heavy atom. The highest BCUT2D eigenvalue weighted by Gasteiger charge is 2.48. The molecular weight excluding hydrogens is 334 g/mol. The highest BCUT2D eigenvalue weighted by atomic mass is 19.2. The van der Waals surface area contributed by atoms with E-state index in [1.165, 1.54) is 36.1 Å². The Morgan fingerprint density at radius 1 is 1.40 bits per heavy atom. The Labute approximate surface area is 145 Å². The minimum atomic E-state index is -1.10. The number of carbonyl (C=O) groups is 2. The number of rotatable bonds is 6. The number of nitrogens with zero attached hydrogens (tertiary/aromatic N) is 2. The number of amides is 1. The fourth-order valence-corrected chi connectivity index (χ4v) is 3.33. The van der Waals surface area contributed by atoms with Gasteiger partial charge in [-0.05, 0) is 19.5 Å². The number of hydrogen-bond acceptors (Lipinski definition) is 4. The first-order valence-electron chi connectivity index (χ1n) is 7.92. The highest BCUT2D eigenvalue weighted by Crippen LogP contribution is 2.42. The molecule has 3 atom stereocenters. The van der Waals surface area contributed by atoms with Crippen LogP contribution in [0.4, 0.5) is 8.78 Å². The molecule has 8 heteroatoms. The molecule has 0 bridgehead atoms. The summed E-state index contributed by atoms with van der Waals surface area (Å²) in [4.78, 5) is 27.1. The van der Waals surface area contributed by atoms with Crippen molar-refractivity contribution >= 4 is 11.9 Å². The molecule has 1 amide bonds. The molecule has 0 unspecified atom stereocenters. The van der Waals surface area contributed by atoms with Crippen LogP contribution >= 0.6 is 0 Å². The zero-order chi connectivity index (χ0) is 18.7. The number of methoxy groups -OCH3 is 1. The van der Waals surface area contributed by atoms with Gasteiger partial charge in [-0.1, -0.05) is 12.1 Å². The lowest BCUT2D eigenvalue weighted by molar-refractivity contribution is -0.142. The molecule has 0 aromatic heterocycles. The molecule has 0 aliphatic carbocycles. The van der Waals surface area contributed by atoms with Crippen molar-refractivity contribution in [2.24, 2.45) is 5.92 Å². The van der Waals surface area contributed by atoms with Crippen molar-refractivity contribution in [2.45, 2.75) is 18.5 Å². The summed E-state index contributed by atoms with van der Waals surface area (Å²) in [6, 6.07) is 1.93. The minimum absolute atomic E-state index is 0.00950. The Bertz CT molecular complexity index is 656. The number of likely N-dealkylation sites (tertiary alicyclic amines) is 1. The molecule has 138 valence electrons. The van der Waals surface area contributed by atoms with Crippen molar-refractivity contribution in [3.63, 3.8) is 0 Å². The average molecular weight is 356 g/mol. The fraction of sp³-hybridized carbons (Fsp3) is 0.529. The molecule has 0 radical (unpaired) electrons. The molecular formula is C17H22F2N2O4. The van der Waals surface area contributed by atoms with Crippen LogP contribution in [0.25, 0.3) is 0 Å². The van der Waals surface area contributed by atoms with Crippen LogP contribution in [0.1, 0.15) is 18.0 Å². The Kier molecular flexibility index (Phi) is 6.07. The molecule has 0 saturated carbocycles. The lowest BCUT2D eigenvalue weighted by atomic mass is 9.91. The van der Waals surface area contributed by atoms with Crippen molar-refractivity contribution < 1.29 is 28.2 Å². The van der Waals surface area contributed by atoms with Gasteiger partial charge in [-0.3, -0.25) is 14.5 Å². The third kappa shape index (κ3) is 3.80. The summed E-state index contributed by atoms with van der Waals surface area (Å²) in [5, 5.41) is 9.40. The van der Waals surface area contributed by atoms with Crippen LogP contribution in [0, 0.1) is 17.6 Å². The van der Waals surface area contributed by atoms with Crippen LogP contribution in [0.2, 0.25) is 0 Å². The topological polar surface area (TPSA) is 70.1 Å². The van der Waals surface area contributed by atoms with E-state index in [0.29, 0.717) is 13.2 Å². The molecule has 0 spiro atoms. The van der Waals surface area contributed by atoms with Crippen LogP contribution in [0.15, 0.2) is 18.2 Å². The van der Waals surface area contributed by atoms with E-state index in [1.54, 1.807) is 7.05 Å². The van der Waals surface area contributed by atoms with E-state index in [9.17, 15) is 23.5 Å². The number of aliphatic carboxylic acids is 1. The standard InChI is InChI=1S/C17H22F2N2O4/c1-20(7-8-25-3)16(22)11-9-13(17(23)24)21(2)15(11)10-5-4-6-12(18)14(10)19/h4-6,11,13,15H,7-9H2,1-3H3,(H,23,24)/t11-,13-,15-/m1/s1. The summed E-state index contributed by atoms with van der Waals surface area (Å²) >= 11 is 0. The number of carboxylic acid groups (broad SMARTS) is 1. The van der Waals surface area contributed by atoms with Crippen LogP contribution < -0.4 is 0 Å². The number of carbonyl (C=O) groups excluding carboxylic acids is 1. The van der Waals surface area contributed by atoms with Gasteiger partial charge in [0.1, 0.15) is 6.04 Å². The first-order chi connectivity index (χ1) is 11.8. The van der Waals surface area contributed by atoms with Crippen molar-refractivity contribution in [3.8, 4) is 0 Å². The molecule has 1 aromatic rings. The van der Waals surface area contributed by atoms with Gasteiger partial charge in [0.15, 0.2) is 11.6 Å².